The van der Waals surface area contributed by atoms with Crippen LogP contribution >= 0.6 is 0 Å². The van der Waals surface area contributed by atoms with Gasteiger partial charge < -0.3 is 15.4 Å². The number of piperidine rings is 1. The molecule has 0 aromatic heterocycles. The number of hydrogen-bond donors (Lipinski definition) is 2. The van der Waals surface area contributed by atoms with Crippen LogP contribution in [0.4, 0.5) is 0 Å². The van der Waals surface area contributed by atoms with E-state index < -0.39 is 0 Å². The van der Waals surface area contributed by atoms with Crippen molar-refractivity contribution in [3.63, 3.8) is 0 Å². The van der Waals surface area contributed by atoms with Gasteiger partial charge in [-0.25, -0.2) is 0 Å². The number of ether oxygens (including phenoxy) is 1. The standard InChI is InChI=1S/C13H24N2O2/c1-9-6-12(8-17-9)13(16)15-10(2)11-4-3-5-14-7-11/h9-12,14H,3-8H2,1-2H3,(H,15,16). The summed E-state index contributed by atoms with van der Waals surface area (Å²) in [6.45, 7) is 6.88. The van der Waals surface area contributed by atoms with E-state index in [1.807, 2.05) is 6.92 Å². The quantitative estimate of drug-likeness (QED) is 0.771. The summed E-state index contributed by atoms with van der Waals surface area (Å²) in [5.74, 6) is 0.809. The van der Waals surface area contributed by atoms with Crippen molar-refractivity contribution in [2.75, 3.05) is 19.7 Å². The number of nitrogens with one attached hydrogen (secondary N) is 2. The molecule has 2 rings (SSSR count). The Hall–Kier alpha value is -0.610. The normalized spacial score (nSPS) is 35.5. The van der Waals surface area contributed by atoms with Crippen LogP contribution < -0.4 is 10.6 Å². The van der Waals surface area contributed by atoms with Crippen molar-refractivity contribution in [2.45, 2.75) is 45.3 Å². The zero-order chi connectivity index (χ0) is 12.3. The topological polar surface area (TPSA) is 50.4 Å². The molecule has 98 valence electrons. The van der Waals surface area contributed by atoms with E-state index in [4.69, 9.17) is 4.74 Å². The third-order valence-electron chi connectivity index (χ3n) is 3.98. The maximum atomic E-state index is 12.0. The summed E-state index contributed by atoms with van der Waals surface area (Å²) in [5, 5.41) is 6.54. The second kappa shape index (κ2) is 5.83. The van der Waals surface area contributed by atoms with Crippen LogP contribution in [0.25, 0.3) is 0 Å². The fourth-order valence-electron chi connectivity index (χ4n) is 2.77. The zero-order valence-electron chi connectivity index (χ0n) is 10.9. The van der Waals surface area contributed by atoms with E-state index in [-0.39, 0.29) is 24.0 Å². The van der Waals surface area contributed by atoms with Gasteiger partial charge in [0.15, 0.2) is 0 Å². The predicted octanol–water partition coefficient (Wildman–Crippen LogP) is 0.916. The van der Waals surface area contributed by atoms with Crippen molar-refractivity contribution in [3.8, 4) is 0 Å². The minimum Gasteiger partial charge on any atom is -0.378 e. The first kappa shape index (κ1) is 12.8. The highest BCUT2D eigenvalue weighted by molar-refractivity contribution is 5.79. The molecule has 0 aromatic rings. The van der Waals surface area contributed by atoms with Crippen LogP contribution in [0.15, 0.2) is 0 Å². The van der Waals surface area contributed by atoms with Crippen molar-refractivity contribution in [1.29, 1.82) is 0 Å². The maximum Gasteiger partial charge on any atom is 0.225 e. The van der Waals surface area contributed by atoms with Gasteiger partial charge in [-0.1, -0.05) is 0 Å². The van der Waals surface area contributed by atoms with Crippen molar-refractivity contribution in [3.05, 3.63) is 0 Å². The van der Waals surface area contributed by atoms with Crippen LogP contribution in [-0.2, 0) is 9.53 Å². The lowest BCUT2D eigenvalue weighted by Gasteiger charge is -2.29. The number of rotatable bonds is 3. The lowest BCUT2D eigenvalue weighted by Crippen LogP contribution is -2.46. The highest BCUT2D eigenvalue weighted by Crippen LogP contribution is 2.20. The SMILES string of the molecule is CC1CC(C(=O)NC(C)C2CCCNC2)CO1. The summed E-state index contributed by atoms with van der Waals surface area (Å²) >= 11 is 0. The van der Waals surface area contributed by atoms with Gasteiger partial charge in [-0.3, -0.25) is 4.79 Å². The van der Waals surface area contributed by atoms with Gasteiger partial charge in [0.25, 0.3) is 0 Å². The molecule has 4 atom stereocenters. The molecule has 2 N–H and O–H groups in total. The molecule has 17 heavy (non-hydrogen) atoms. The Bertz CT molecular complexity index is 264. The fraction of sp³-hybridized carbons (Fsp3) is 0.923. The Kier molecular flexibility index (Phi) is 4.40. The van der Waals surface area contributed by atoms with Crippen molar-refractivity contribution >= 4 is 5.91 Å². The van der Waals surface area contributed by atoms with E-state index in [0.29, 0.717) is 12.5 Å². The third-order valence-corrected chi connectivity index (χ3v) is 3.98. The average molecular weight is 240 g/mol. The summed E-state index contributed by atoms with van der Waals surface area (Å²) in [4.78, 5) is 12.0. The fourth-order valence-corrected chi connectivity index (χ4v) is 2.77. The van der Waals surface area contributed by atoms with Crippen LogP contribution in [0.5, 0.6) is 0 Å². The Morgan fingerprint density at radius 1 is 1.53 bits per heavy atom. The maximum absolute atomic E-state index is 12.0. The van der Waals surface area contributed by atoms with Crippen molar-refractivity contribution in [2.24, 2.45) is 11.8 Å². The van der Waals surface area contributed by atoms with Gasteiger partial charge in [-0.2, -0.15) is 0 Å². The number of hydrogen-bond acceptors (Lipinski definition) is 3. The number of carbonyl (C=O) groups excluding carboxylic acids is 1. The molecule has 4 nitrogen and oxygen atoms in total. The Balaban J connectivity index is 1.77. The molecule has 0 aliphatic carbocycles. The summed E-state index contributed by atoms with van der Waals surface area (Å²) in [6, 6.07) is 0.270. The second-order valence-electron chi connectivity index (χ2n) is 5.48. The number of amides is 1. The number of carbonyl (C=O) groups is 1. The molecule has 2 aliphatic rings. The molecule has 2 aliphatic heterocycles. The highest BCUT2D eigenvalue weighted by Gasteiger charge is 2.30. The molecule has 1 amide bonds. The first-order valence-corrected chi connectivity index (χ1v) is 6.79. The Morgan fingerprint density at radius 3 is 2.94 bits per heavy atom. The predicted molar refractivity (Wildman–Crippen MR) is 66.7 cm³/mol. The van der Waals surface area contributed by atoms with Gasteiger partial charge in [-0.05, 0) is 52.1 Å². The largest absolute Gasteiger partial charge is 0.378 e. The molecule has 0 saturated carbocycles. The van der Waals surface area contributed by atoms with Gasteiger partial charge in [0.2, 0.25) is 5.91 Å². The molecule has 0 radical (unpaired) electrons. The van der Waals surface area contributed by atoms with Crippen LogP contribution in [0, 0.1) is 11.8 Å². The molecule has 0 bridgehead atoms. The molecule has 4 heteroatoms. The van der Waals surface area contributed by atoms with Gasteiger partial charge in [-0.15, -0.1) is 0 Å². The Morgan fingerprint density at radius 2 is 2.35 bits per heavy atom. The van der Waals surface area contributed by atoms with Crippen LogP contribution in [0.3, 0.4) is 0 Å². The highest BCUT2D eigenvalue weighted by atomic mass is 16.5. The molecular formula is C13H24N2O2. The first-order valence-electron chi connectivity index (χ1n) is 6.79. The van der Waals surface area contributed by atoms with E-state index in [1.165, 1.54) is 12.8 Å². The van der Waals surface area contributed by atoms with Crippen LogP contribution in [-0.4, -0.2) is 37.7 Å². The summed E-state index contributed by atoms with van der Waals surface area (Å²) in [5.41, 5.74) is 0. The smallest absolute Gasteiger partial charge is 0.225 e. The van der Waals surface area contributed by atoms with E-state index in [0.717, 1.165) is 19.5 Å². The van der Waals surface area contributed by atoms with Crippen molar-refractivity contribution < 1.29 is 9.53 Å². The van der Waals surface area contributed by atoms with Gasteiger partial charge in [0, 0.05) is 6.04 Å². The molecular weight excluding hydrogens is 216 g/mol. The molecule has 4 unspecified atom stereocenters. The van der Waals surface area contributed by atoms with E-state index in [2.05, 4.69) is 17.6 Å². The first-order chi connectivity index (χ1) is 8.16. The second-order valence-corrected chi connectivity index (χ2v) is 5.48. The minimum atomic E-state index is 0.0593. The van der Waals surface area contributed by atoms with Crippen molar-refractivity contribution in [1.82, 2.24) is 10.6 Å². The minimum absolute atomic E-state index is 0.0593. The van der Waals surface area contributed by atoms with E-state index in [9.17, 15) is 4.79 Å². The van der Waals surface area contributed by atoms with Gasteiger partial charge in [0.1, 0.15) is 0 Å². The zero-order valence-corrected chi connectivity index (χ0v) is 10.9. The third kappa shape index (κ3) is 3.42. The van der Waals surface area contributed by atoms with E-state index >= 15 is 0 Å². The molecule has 0 aromatic carbocycles. The lowest BCUT2D eigenvalue weighted by atomic mass is 9.92. The summed E-state index contributed by atoms with van der Waals surface area (Å²) < 4.78 is 5.44. The summed E-state index contributed by atoms with van der Waals surface area (Å²) in [6.07, 6.45) is 3.53. The molecule has 2 heterocycles. The van der Waals surface area contributed by atoms with Crippen LogP contribution in [0.1, 0.15) is 33.1 Å². The van der Waals surface area contributed by atoms with E-state index in [1.54, 1.807) is 0 Å². The monoisotopic (exact) mass is 240 g/mol. The lowest BCUT2D eigenvalue weighted by molar-refractivity contribution is -0.126. The molecule has 2 fully saturated rings. The van der Waals surface area contributed by atoms with Gasteiger partial charge >= 0.3 is 0 Å². The van der Waals surface area contributed by atoms with Gasteiger partial charge in [0.05, 0.1) is 18.6 Å². The summed E-state index contributed by atoms with van der Waals surface area (Å²) in [7, 11) is 0. The Labute approximate surface area is 103 Å². The molecule has 0 spiro atoms. The average Bonchev–Trinajstić information content (AvgIpc) is 2.77. The van der Waals surface area contributed by atoms with Crippen LogP contribution in [0.2, 0.25) is 0 Å². The molecule has 2 saturated heterocycles.